The number of aromatic nitrogens is 1. The van der Waals surface area contributed by atoms with Crippen LogP contribution in [0.2, 0.25) is 5.15 Å². The first-order valence-corrected chi connectivity index (χ1v) is 9.22. The minimum absolute atomic E-state index is 0.00109. The van der Waals surface area contributed by atoms with Crippen LogP contribution in [0.4, 0.5) is 0 Å². The van der Waals surface area contributed by atoms with Crippen molar-refractivity contribution in [3.8, 4) is 5.75 Å². The van der Waals surface area contributed by atoms with E-state index < -0.39 is 9.05 Å². The molecule has 4 nitrogen and oxygen atoms in total. The highest BCUT2D eigenvalue weighted by Gasteiger charge is 2.18. The first-order chi connectivity index (χ1) is 9.82. The second kappa shape index (κ2) is 6.38. The number of ether oxygens (including phenoxy) is 1. The fraction of sp³-hybridized carbons (Fsp3) is 0.357. The van der Waals surface area contributed by atoms with Crippen molar-refractivity contribution in [2.45, 2.75) is 37.7 Å². The van der Waals surface area contributed by atoms with Crippen molar-refractivity contribution < 1.29 is 13.2 Å². The van der Waals surface area contributed by atoms with Crippen LogP contribution in [-0.2, 0) is 9.05 Å². The summed E-state index contributed by atoms with van der Waals surface area (Å²) in [5.41, 5.74) is 0.396. The Morgan fingerprint density at radius 3 is 2.62 bits per heavy atom. The van der Waals surface area contributed by atoms with Gasteiger partial charge in [-0.25, -0.2) is 13.4 Å². The van der Waals surface area contributed by atoms with Crippen LogP contribution in [-0.4, -0.2) is 19.5 Å². The molecule has 0 saturated heterocycles. The van der Waals surface area contributed by atoms with Gasteiger partial charge in [-0.3, -0.25) is 0 Å². The molecular weight excluding hydrogens is 333 g/mol. The van der Waals surface area contributed by atoms with E-state index in [0.29, 0.717) is 16.7 Å². The SMILES string of the molecule is CCCC(C)Oc1ccc(S(=O)(=O)Cl)c2ccc(Cl)nc12. The van der Waals surface area contributed by atoms with Crippen LogP contribution in [0.15, 0.2) is 29.2 Å². The Hall–Kier alpha value is -1.04. The Bertz CT molecular complexity index is 762. The fourth-order valence-corrected chi connectivity index (χ4v) is 3.34. The van der Waals surface area contributed by atoms with Gasteiger partial charge in [0, 0.05) is 16.1 Å². The van der Waals surface area contributed by atoms with Gasteiger partial charge in [-0.15, -0.1) is 0 Å². The predicted octanol–water partition coefficient (Wildman–Crippen LogP) is 4.38. The van der Waals surface area contributed by atoms with Gasteiger partial charge >= 0.3 is 0 Å². The summed E-state index contributed by atoms with van der Waals surface area (Å²) in [6.45, 7) is 4.02. The van der Waals surface area contributed by atoms with Gasteiger partial charge in [-0.05, 0) is 37.6 Å². The normalized spacial score (nSPS) is 13.3. The summed E-state index contributed by atoms with van der Waals surface area (Å²) in [7, 11) is 1.59. The zero-order chi connectivity index (χ0) is 15.6. The molecule has 0 spiro atoms. The Labute approximate surface area is 133 Å². The van der Waals surface area contributed by atoms with Crippen molar-refractivity contribution in [3.63, 3.8) is 0 Å². The number of halogens is 2. The van der Waals surface area contributed by atoms with Crippen LogP contribution in [0.5, 0.6) is 5.75 Å². The Morgan fingerprint density at radius 2 is 2.00 bits per heavy atom. The number of fused-ring (bicyclic) bond motifs is 1. The lowest BCUT2D eigenvalue weighted by Crippen LogP contribution is -2.11. The van der Waals surface area contributed by atoms with Crippen molar-refractivity contribution >= 4 is 42.2 Å². The van der Waals surface area contributed by atoms with Crippen LogP contribution in [0, 0.1) is 0 Å². The van der Waals surface area contributed by atoms with E-state index in [1.54, 1.807) is 12.1 Å². The van der Waals surface area contributed by atoms with Gasteiger partial charge in [-0.2, -0.15) is 0 Å². The summed E-state index contributed by atoms with van der Waals surface area (Å²) in [6, 6.07) is 6.09. The molecule has 1 aromatic carbocycles. The summed E-state index contributed by atoms with van der Waals surface area (Å²) in [5, 5.41) is 0.662. The number of rotatable bonds is 5. The molecule has 1 heterocycles. The van der Waals surface area contributed by atoms with Crippen LogP contribution < -0.4 is 4.74 Å². The molecule has 2 aromatic rings. The molecule has 1 aromatic heterocycles. The lowest BCUT2D eigenvalue weighted by Gasteiger charge is -2.16. The third kappa shape index (κ3) is 3.78. The maximum Gasteiger partial charge on any atom is 0.261 e. The summed E-state index contributed by atoms with van der Waals surface area (Å²) < 4.78 is 29.1. The maximum atomic E-state index is 11.6. The van der Waals surface area contributed by atoms with Crippen LogP contribution in [0.3, 0.4) is 0 Å². The van der Waals surface area contributed by atoms with E-state index in [9.17, 15) is 8.42 Å². The molecule has 0 N–H and O–H groups in total. The number of benzene rings is 1. The molecule has 0 amide bonds. The highest BCUT2D eigenvalue weighted by Crippen LogP contribution is 2.33. The monoisotopic (exact) mass is 347 g/mol. The molecule has 0 radical (unpaired) electrons. The molecule has 0 bridgehead atoms. The smallest absolute Gasteiger partial charge is 0.261 e. The highest BCUT2D eigenvalue weighted by molar-refractivity contribution is 8.14. The van der Waals surface area contributed by atoms with E-state index in [1.165, 1.54) is 12.1 Å². The Morgan fingerprint density at radius 1 is 1.29 bits per heavy atom. The van der Waals surface area contributed by atoms with E-state index in [1.807, 2.05) is 6.92 Å². The molecule has 0 fully saturated rings. The van der Waals surface area contributed by atoms with E-state index in [4.69, 9.17) is 27.0 Å². The Balaban J connectivity index is 2.61. The summed E-state index contributed by atoms with van der Waals surface area (Å²) in [4.78, 5) is 4.18. The van der Waals surface area contributed by atoms with Gasteiger partial charge in [0.2, 0.25) is 0 Å². The predicted molar refractivity (Wildman–Crippen MR) is 84.8 cm³/mol. The van der Waals surface area contributed by atoms with Gasteiger partial charge in [0.05, 0.1) is 11.0 Å². The van der Waals surface area contributed by atoms with E-state index >= 15 is 0 Å². The number of hydrogen-bond acceptors (Lipinski definition) is 4. The van der Waals surface area contributed by atoms with E-state index in [-0.39, 0.29) is 16.2 Å². The first-order valence-electron chi connectivity index (χ1n) is 6.53. The molecule has 0 aliphatic rings. The van der Waals surface area contributed by atoms with Gasteiger partial charge in [0.25, 0.3) is 9.05 Å². The summed E-state index contributed by atoms with van der Waals surface area (Å²) >= 11 is 5.91. The topological polar surface area (TPSA) is 56.3 Å². The average molecular weight is 348 g/mol. The highest BCUT2D eigenvalue weighted by atomic mass is 35.7. The maximum absolute atomic E-state index is 11.6. The molecule has 2 rings (SSSR count). The number of hydrogen-bond donors (Lipinski definition) is 0. The quantitative estimate of drug-likeness (QED) is 0.594. The lowest BCUT2D eigenvalue weighted by molar-refractivity contribution is 0.212. The van der Waals surface area contributed by atoms with E-state index in [0.717, 1.165) is 12.8 Å². The van der Waals surface area contributed by atoms with Crippen molar-refractivity contribution in [3.05, 3.63) is 29.4 Å². The van der Waals surface area contributed by atoms with Gasteiger partial charge in [-0.1, -0.05) is 24.9 Å². The second-order valence-electron chi connectivity index (χ2n) is 4.75. The van der Waals surface area contributed by atoms with Gasteiger partial charge in [0.15, 0.2) is 0 Å². The summed E-state index contributed by atoms with van der Waals surface area (Å²) in [6.07, 6.45) is 1.87. The summed E-state index contributed by atoms with van der Waals surface area (Å²) in [5.74, 6) is 0.498. The van der Waals surface area contributed by atoms with Crippen molar-refractivity contribution in [2.75, 3.05) is 0 Å². The van der Waals surface area contributed by atoms with Crippen LogP contribution >= 0.6 is 22.3 Å². The molecule has 0 saturated carbocycles. The molecule has 0 aliphatic carbocycles. The van der Waals surface area contributed by atoms with E-state index in [2.05, 4.69) is 11.9 Å². The van der Waals surface area contributed by atoms with Gasteiger partial charge < -0.3 is 4.74 Å². The minimum atomic E-state index is -3.86. The van der Waals surface area contributed by atoms with Crippen LogP contribution in [0.25, 0.3) is 10.9 Å². The third-order valence-electron chi connectivity index (χ3n) is 3.03. The molecular formula is C14H15Cl2NO3S. The molecule has 7 heteroatoms. The zero-order valence-electron chi connectivity index (χ0n) is 11.6. The standard InChI is InChI=1S/C14H15Cl2NO3S/c1-3-4-9(2)20-11-6-7-12(21(16,18)19)10-5-8-13(15)17-14(10)11/h5-9H,3-4H2,1-2H3. The molecule has 0 aliphatic heterocycles. The van der Waals surface area contributed by atoms with Crippen molar-refractivity contribution in [1.82, 2.24) is 4.98 Å². The number of pyridine rings is 1. The minimum Gasteiger partial charge on any atom is -0.488 e. The molecule has 1 atom stereocenters. The molecule has 114 valence electrons. The number of nitrogens with zero attached hydrogens (tertiary/aromatic N) is 1. The van der Waals surface area contributed by atoms with Crippen molar-refractivity contribution in [1.29, 1.82) is 0 Å². The fourth-order valence-electron chi connectivity index (χ4n) is 2.13. The average Bonchev–Trinajstić information content (AvgIpc) is 2.38. The largest absolute Gasteiger partial charge is 0.488 e. The second-order valence-corrected chi connectivity index (χ2v) is 7.67. The zero-order valence-corrected chi connectivity index (χ0v) is 14.0. The van der Waals surface area contributed by atoms with Gasteiger partial charge in [0.1, 0.15) is 16.4 Å². The first kappa shape index (κ1) is 16.3. The Kier molecular flexibility index (Phi) is 4.96. The van der Waals surface area contributed by atoms with Crippen LogP contribution in [0.1, 0.15) is 26.7 Å². The van der Waals surface area contributed by atoms with Crippen molar-refractivity contribution in [2.24, 2.45) is 0 Å². The molecule has 1 unspecified atom stereocenters. The lowest BCUT2D eigenvalue weighted by atomic mass is 10.2. The third-order valence-corrected chi connectivity index (χ3v) is 4.62. The molecule has 21 heavy (non-hydrogen) atoms.